The van der Waals surface area contributed by atoms with E-state index in [0.717, 1.165) is 11.8 Å². The van der Waals surface area contributed by atoms with Crippen LogP contribution in [0.15, 0.2) is 9.95 Å². The number of nitrogens with zero attached hydrogens (tertiary/aromatic N) is 1. The molecule has 0 saturated heterocycles. The van der Waals surface area contributed by atoms with Gasteiger partial charge < -0.3 is 14.7 Å². The highest BCUT2D eigenvalue weighted by atomic mass is 32.2. The van der Waals surface area contributed by atoms with Crippen LogP contribution in [0.5, 0.6) is 0 Å². The first-order valence-electron chi connectivity index (χ1n) is 5.11. The lowest BCUT2D eigenvalue weighted by atomic mass is 10.6. The Labute approximate surface area is 110 Å². The first kappa shape index (κ1) is 12.8. The summed E-state index contributed by atoms with van der Waals surface area (Å²) in [6, 6.07) is 0. The van der Waals surface area contributed by atoms with Crippen LogP contribution in [0.2, 0.25) is 0 Å². The normalized spacial score (nSPS) is 10.7. The molecule has 0 aliphatic heterocycles. The van der Waals surface area contributed by atoms with Crippen molar-refractivity contribution in [3.8, 4) is 0 Å². The number of thioether (sulfide) groups is 1. The number of esters is 1. The number of carbonyl (C=O) groups is 1. The number of ether oxygens (including phenoxy) is 1. The Morgan fingerprint density at radius 3 is 2.94 bits per heavy atom. The Bertz CT molecular complexity index is 687. The minimum atomic E-state index is -0.343. The maximum absolute atomic E-state index is 11.5. The molecule has 0 aliphatic rings. The lowest BCUT2D eigenvalue weighted by Gasteiger charge is -1.98. The highest BCUT2D eigenvalue weighted by Gasteiger charge is 2.09. The molecule has 18 heavy (non-hydrogen) atoms. The van der Waals surface area contributed by atoms with Gasteiger partial charge in [-0.1, -0.05) is 11.8 Å². The number of H-pyrrole nitrogens is 3. The number of hydrogen-bond acceptors (Lipinski definition) is 6. The number of aromatic nitrogens is 4. The minimum absolute atomic E-state index is 0.131. The van der Waals surface area contributed by atoms with Crippen LogP contribution in [0, 0.1) is 4.77 Å². The van der Waals surface area contributed by atoms with Gasteiger partial charge in [-0.2, -0.15) is 0 Å². The maximum Gasteiger partial charge on any atom is 0.316 e. The van der Waals surface area contributed by atoms with E-state index >= 15 is 0 Å². The summed E-state index contributed by atoms with van der Waals surface area (Å²) in [5.74, 6) is -0.198. The largest absolute Gasteiger partial charge is 0.465 e. The fourth-order valence-electron chi connectivity index (χ4n) is 1.31. The van der Waals surface area contributed by atoms with Crippen molar-refractivity contribution in [1.82, 2.24) is 19.9 Å². The zero-order valence-corrected chi connectivity index (χ0v) is 11.0. The predicted octanol–water partition coefficient (Wildman–Crippen LogP) is 0.964. The van der Waals surface area contributed by atoms with E-state index in [0.29, 0.717) is 22.9 Å². The molecule has 9 heteroatoms. The fraction of sp³-hybridized carbons (Fsp3) is 0.333. The highest BCUT2D eigenvalue weighted by molar-refractivity contribution is 7.99. The van der Waals surface area contributed by atoms with Crippen LogP contribution in [0.25, 0.3) is 11.2 Å². The highest BCUT2D eigenvalue weighted by Crippen LogP contribution is 2.16. The van der Waals surface area contributed by atoms with Gasteiger partial charge in [0.25, 0.3) is 5.56 Å². The Balaban J connectivity index is 2.21. The van der Waals surface area contributed by atoms with Crippen molar-refractivity contribution in [2.75, 3.05) is 12.4 Å². The summed E-state index contributed by atoms with van der Waals surface area (Å²) in [7, 11) is 0. The molecule has 0 bridgehead atoms. The van der Waals surface area contributed by atoms with Crippen LogP contribution in [0.1, 0.15) is 6.92 Å². The molecule has 2 heterocycles. The van der Waals surface area contributed by atoms with E-state index in [-0.39, 0.29) is 22.1 Å². The number of nitrogens with one attached hydrogen (secondary N) is 3. The number of fused-ring (bicyclic) bond motifs is 1. The molecule has 0 spiro atoms. The van der Waals surface area contributed by atoms with E-state index in [9.17, 15) is 9.59 Å². The number of aromatic amines is 3. The van der Waals surface area contributed by atoms with Crippen molar-refractivity contribution in [1.29, 1.82) is 0 Å². The summed E-state index contributed by atoms with van der Waals surface area (Å²) in [6.45, 7) is 2.08. The summed E-state index contributed by atoms with van der Waals surface area (Å²) in [5.41, 5.74) is 0.328. The van der Waals surface area contributed by atoms with Gasteiger partial charge in [-0.25, -0.2) is 4.98 Å². The van der Waals surface area contributed by atoms with Crippen molar-refractivity contribution in [3.05, 3.63) is 15.1 Å². The topological polar surface area (TPSA) is 104 Å². The molecule has 0 fully saturated rings. The third-order valence-corrected chi connectivity index (χ3v) is 3.05. The molecule has 7 nitrogen and oxygen atoms in total. The van der Waals surface area contributed by atoms with Gasteiger partial charge in [-0.15, -0.1) is 0 Å². The smallest absolute Gasteiger partial charge is 0.316 e. The van der Waals surface area contributed by atoms with Crippen molar-refractivity contribution in [2.45, 2.75) is 12.1 Å². The first-order valence-corrected chi connectivity index (χ1v) is 6.50. The lowest BCUT2D eigenvalue weighted by molar-refractivity contribution is -0.139. The van der Waals surface area contributed by atoms with E-state index in [4.69, 9.17) is 17.0 Å². The molecule has 0 radical (unpaired) electrons. The molecule has 0 aromatic carbocycles. The van der Waals surface area contributed by atoms with Gasteiger partial charge in [0.15, 0.2) is 15.6 Å². The van der Waals surface area contributed by atoms with Gasteiger partial charge in [0.05, 0.1) is 12.4 Å². The number of hydrogen-bond donors (Lipinski definition) is 3. The number of imidazole rings is 1. The summed E-state index contributed by atoms with van der Waals surface area (Å²) in [4.78, 5) is 34.8. The van der Waals surface area contributed by atoms with Crippen LogP contribution in [0.4, 0.5) is 0 Å². The summed E-state index contributed by atoms with van der Waals surface area (Å²) in [6.07, 6.45) is 0. The first-order chi connectivity index (χ1) is 8.60. The SMILES string of the molecule is CCOC(=O)CSc1nc2[nH]c(=S)[nH]c(=O)c2[nH]1. The monoisotopic (exact) mass is 286 g/mol. The van der Waals surface area contributed by atoms with Crippen LogP contribution >= 0.6 is 24.0 Å². The minimum Gasteiger partial charge on any atom is -0.465 e. The zero-order chi connectivity index (χ0) is 13.1. The maximum atomic E-state index is 11.5. The third kappa shape index (κ3) is 2.79. The molecule has 0 amide bonds. The fourth-order valence-corrected chi connectivity index (χ4v) is 2.17. The molecular formula is C9H10N4O3S2. The molecule has 3 N–H and O–H groups in total. The van der Waals surface area contributed by atoms with Gasteiger partial charge in [0.2, 0.25) is 0 Å². The van der Waals surface area contributed by atoms with E-state index in [1.807, 2.05) is 0 Å². The van der Waals surface area contributed by atoms with Crippen LogP contribution < -0.4 is 5.56 Å². The quantitative estimate of drug-likeness (QED) is 0.439. The van der Waals surface area contributed by atoms with Crippen molar-refractivity contribution < 1.29 is 9.53 Å². The molecule has 0 unspecified atom stereocenters. The average Bonchev–Trinajstić information content (AvgIpc) is 2.70. The molecule has 96 valence electrons. The van der Waals surface area contributed by atoms with Crippen LogP contribution in [0.3, 0.4) is 0 Å². The van der Waals surface area contributed by atoms with Crippen molar-refractivity contribution in [3.63, 3.8) is 0 Å². The second-order valence-corrected chi connectivity index (χ2v) is 4.64. The van der Waals surface area contributed by atoms with Gasteiger partial charge >= 0.3 is 5.97 Å². The summed E-state index contributed by atoms with van der Waals surface area (Å²) < 4.78 is 5.00. The number of carbonyl (C=O) groups excluding carboxylic acids is 1. The number of rotatable bonds is 4. The standard InChI is InChI=1S/C9H10N4O3S2/c1-2-16-4(14)3-18-9-10-5-6(12-9)11-8(17)13-7(5)15/h2-3H2,1H3,(H3,10,11,12,13,15,17). The molecule has 2 aromatic heterocycles. The van der Waals surface area contributed by atoms with Gasteiger partial charge in [-0.3, -0.25) is 14.6 Å². The summed E-state index contributed by atoms with van der Waals surface area (Å²) in [5, 5.41) is 0.459. The molecule has 2 rings (SSSR count). The van der Waals surface area contributed by atoms with Gasteiger partial charge in [-0.05, 0) is 19.1 Å². The van der Waals surface area contributed by atoms with E-state index in [2.05, 4.69) is 19.9 Å². The zero-order valence-electron chi connectivity index (χ0n) is 9.40. The average molecular weight is 286 g/mol. The van der Waals surface area contributed by atoms with Crippen LogP contribution in [-0.2, 0) is 9.53 Å². The molecule has 0 atom stereocenters. The van der Waals surface area contributed by atoms with E-state index in [1.165, 1.54) is 0 Å². The van der Waals surface area contributed by atoms with Crippen LogP contribution in [-0.4, -0.2) is 38.3 Å². The lowest BCUT2D eigenvalue weighted by Crippen LogP contribution is -2.07. The molecule has 0 saturated carbocycles. The van der Waals surface area contributed by atoms with Crippen molar-refractivity contribution >= 4 is 41.1 Å². The molecule has 2 aromatic rings. The Morgan fingerprint density at radius 1 is 1.44 bits per heavy atom. The van der Waals surface area contributed by atoms with Gasteiger partial charge in [0.1, 0.15) is 5.52 Å². The van der Waals surface area contributed by atoms with Crippen molar-refractivity contribution in [2.24, 2.45) is 0 Å². The molecular weight excluding hydrogens is 276 g/mol. The Hall–Kier alpha value is -1.61. The third-order valence-electron chi connectivity index (χ3n) is 2.00. The molecule has 0 aliphatic carbocycles. The second kappa shape index (κ2) is 5.36. The Kier molecular flexibility index (Phi) is 3.82. The Morgan fingerprint density at radius 2 is 2.22 bits per heavy atom. The van der Waals surface area contributed by atoms with Gasteiger partial charge in [0, 0.05) is 0 Å². The van der Waals surface area contributed by atoms with E-state index in [1.54, 1.807) is 6.92 Å². The second-order valence-electron chi connectivity index (χ2n) is 3.27. The predicted molar refractivity (Wildman–Crippen MR) is 69.3 cm³/mol. The summed E-state index contributed by atoms with van der Waals surface area (Å²) >= 11 is 5.99. The van der Waals surface area contributed by atoms with E-state index < -0.39 is 0 Å².